The molecule has 0 unspecified atom stereocenters. The Morgan fingerprint density at radius 3 is 2.56 bits per heavy atom. The zero-order valence-electron chi connectivity index (χ0n) is 24.5. The second-order valence-electron chi connectivity index (χ2n) is 11.9. The van der Waals surface area contributed by atoms with Gasteiger partial charge < -0.3 is 19.0 Å². The van der Waals surface area contributed by atoms with Crippen molar-refractivity contribution in [3.05, 3.63) is 101 Å². The normalized spacial score (nSPS) is 16.4. The molecule has 0 fully saturated rings. The van der Waals surface area contributed by atoms with Gasteiger partial charge in [0.2, 0.25) is 0 Å². The molecule has 0 saturated heterocycles. The summed E-state index contributed by atoms with van der Waals surface area (Å²) in [6.45, 7) is 9.40. The van der Waals surface area contributed by atoms with Crippen LogP contribution in [-0.2, 0) is 6.54 Å². The molecule has 1 N–H and O–H groups in total. The zero-order valence-corrected chi connectivity index (χ0v) is 24.5. The number of aryl methyl sites for hydroxylation is 1. The van der Waals surface area contributed by atoms with E-state index in [-0.39, 0.29) is 5.60 Å². The quantitative estimate of drug-likeness (QED) is 0.214. The molecule has 1 atom stereocenters. The van der Waals surface area contributed by atoms with Crippen LogP contribution in [0.1, 0.15) is 50.3 Å². The van der Waals surface area contributed by atoms with Crippen LogP contribution in [0.5, 0.6) is 11.5 Å². The minimum absolute atomic E-state index is 0.331. The fourth-order valence-electron chi connectivity index (χ4n) is 6.54. The van der Waals surface area contributed by atoms with Crippen molar-refractivity contribution >= 4 is 49.7 Å². The van der Waals surface area contributed by atoms with E-state index in [2.05, 4.69) is 122 Å². The Kier molecular flexibility index (Phi) is 5.97. The predicted molar refractivity (Wildman–Crippen MR) is 172 cm³/mol. The third-order valence-electron chi connectivity index (χ3n) is 8.56. The molecule has 206 valence electrons. The monoisotopic (exact) mass is 540 g/mol. The largest absolute Gasteiger partial charge is 0.495 e. The van der Waals surface area contributed by atoms with Crippen LogP contribution in [-0.4, -0.2) is 22.3 Å². The van der Waals surface area contributed by atoms with E-state index in [4.69, 9.17) is 9.47 Å². The first-order chi connectivity index (χ1) is 19.8. The zero-order chi connectivity index (χ0) is 28.3. The number of para-hydroxylation sites is 2. The van der Waals surface area contributed by atoms with Crippen molar-refractivity contribution in [1.29, 1.82) is 0 Å². The van der Waals surface area contributed by atoms with Gasteiger partial charge in [-0.25, -0.2) is 0 Å². The number of aromatic amines is 1. The summed E-state index contributed by atoms with van der Waals surface area (Å²) in [4.78, 5) is 3.56. The molecule has 7 rings (SSSR count). The van der Waals surface area contributed by atoms with E-state index < -0.39 is 0 Å². The molecule has 4 aromatic carbocycles. The van der Waals surface area contributed by atoms with Crippen molar-refractivity contribution in [1.82, 2.24) is 9.55 Å². The van der Waals surface area contributed by atoms with E-state index in [9.17, 15) is 0 Å². The van der Waals surface area contributed by atoms with Gasteiger partial charge in [0.05, 0.1) is 18.1 Å². The first-order valence-corrected chi connectivity index (χ1v) is 14.5. The van der Waals surface area contributed by atoms with Crippen molar-refractivity contribution in [2.24, 2.45) is 0 Å². The molecule has 0 amide bonds. The highest BCUT2D eigenvalue weighted by molar-refractivity contribution is 6.12. The van der Waals surface area contributed by atoms with Gasteiger partial charge in [-0.1, -0.05) is 48.0 Å². The highest BCUT2D eigenvalue weighted by atomic mass is 16.5. The first-order valence-electron chi connectivity index (χ1n) is 14.5. The van der Waals surface area contributed by atoms with Crippen LogP contribution in [0, 0.1) is 6.92 Å². The van der Waals surface area contributed by atoms with Crippen LogP contribution < -0.4 is 9.47 Å². The van der Waals surface area contributed by atoms with Crippen LogP contribution in [0.15, 0.2) is 84.5 Å². The van der Waals surface area contributed by atoms with Crippen LogP contribution in [0.4, 0.5) is 0 Å². The lowest BCUT2D eigenvalue weighted by atomic mass is 9.92. The molecule has 4 heteroatoms. The van der Waals surface area contributed by atoms with Crippen molar-refractivity contribution in [3.8, 4) is 11.5 Å². The van der Waals surface area contributed by atoms with Gasteiger partial charge in [0.25, 0.3) is 0 Å². The molecule has 0 spiro atoms. The number of H-pyrrole nitrogens is 1. The summed E-state index contributed by atoms with van der Waals surface area (Å²) in [5.41, 5.74) is 9.15. The van der Waals surface area contributed by atoms with Gasteiger partial charge in [-0.15, -0.1) is 0 Å². The van der Waals surface area contributed by atoms with Gasteiger partial charge >= 0.3 is 0 Å². The minimum atomic E-state index is -0.331. The lowest BCUT2D eigenvalue weighted by Crippen LogP contribution is -2.32. The molecule has 1 aliphatic rings. The molecule has 6 aromatic rings. The second-order valence-corrected chi connectivity index (χ2v) is 11.9. The summed E-state index contributed by atoms with van der Waals surface area (Å²) in [6, 6.07) is 24.0. The number of aromatic nitrogens is 2. The number of hydrogen-bond donors (Lipinski definition) is 1. The maximum Gasteiger partial charge on any atom is 0.143 e. The highest BCUT2D eigenvalue weighted by Crippen LogP contribution is 2.44. The maximum atomic E-state index is 6.82. The SMILES string of the molecule is COc1cc(Cn2c3ccccc3c3cc(C)c4c(c32)C=C[C@@](C)(CCC=C(C)C)O4)cc2c1[nH]c1ccccc12. The van der Waals surface area contributed by atoms with Crippen LogP contribution >= 0.6 is 0 Å². The smallest absolute Gasteiger partial charge is 0.143 e. The highest BCUT2D eigenvalue weighted by Gasteiger charge is 2.30. The van der Waals surface area contributed by atoms with E-state index in [1.54, 1.807) is 7.11 Å². The van der Waals surface area contributed by atoms with E-state index in [1.807, 2.05) is 0 Å². The summed E-state index contributed by atoms with van der Waals surface area (Å²) in [5.74, 6) is 1.86. The van der Waals surface area contributed by atoms with Gasteiger partial charge in [0, 0.05) is 44.7 Å². The van der Waals surface area contributed by atoms with Crippen molar-refractivity contribution < 1.29 is 9.47 Å². The summed E-state index contributed by atoms with van der Waals surface area (Å²) in [5, 5.41) is 4.92. The Hall–Kier alpha value is -4.44. The third-order valence-corrected chi connectivity index (χ3v) is 8.56. The van der Waals surface area contributed by atoms with Crippen LogP contribution in [0.25, 0.3) is 49.7 Å². The molecule has 0 saturated carbocycles. The molecule has 0 bridgehead atoms. The molecular weight excluding hydrogens is 504 g/mol. The van der Waals surface area contributed by atoms with Crippen LogP contribution in [0.2, 0.25) is 0 Å². The fraction of sp³-hybridized carbons (Fsp3) is 0.243. The summed E-state index contributed by atoms with van der Waals surface area (Å²) >= 11 is 0. The lowest BCUT2D eigenvalue weighted by molar-refractivity contribution is 0.128. The number of benzene rings is 4. The second kappa shape index (κ2) is 9.59. The number of methoxy groups -OCH3 is 1. The number of nitrogens with one attached hydrogen (secondary N) is 1. The van der Waals surface area contributed by atoms with Gasteiger partial charge in [0.1, 0.15) is 17.1 Å². The van der Waals surface area contributed by atoms with E-state index in [1.165, 1.54) is 49.3 Å². The van der Waals surface area contributed by atoms with Gasteiger partial charge in [-0.2, -0.15) is 0 Å². The Morgan fingerprint density at radius 1 is 0.976 bits per heavy atom. The van der Waals surface area contributed by atoms with Crippen molar-refractivity contribution in [2.45, 2.75) is 52.7 Å². The Balaban J connectivity index is 1.41. The fourth-order valence-corrected chi connectivity index (χ4v) is 6.54. The summed E-state index contributed by atoms with van der Waals surface area (Å²) in [6.07, 6.45) is 8.80. The van der Waals surface area contributed by atoms with Crippen LogP contribution in [0.3, 0.4) is 0 Å². The Morgan fingerprint density at radius 2 is 1.76 bits per heavy atom. The Labute approximate surface area is 240 Å². The molecular formula is C37H36N2O2. The number of hydrogen-bond acceptors (Lipinski definition) is 2. The standard InChI is InChI=1S/C37H36N2O2/c1-23(2)11-10-17-37(4)18-16-28-35-30(19-24(3)36(28)41-37)27-13-7-9-15-32(27)39(35)22-25-20-29-26-12-6-8-14-31(26)38-34(29)33(21-25)40-5/h6-9,11-16,18-21,38H,10,17,22H2,1-5H3/t37-/m1/s1. The summed E-state index contributed by atoms with van der Waals surface area (Å²) in [7, 11) is 1.75. The predicted octanol–water partition coefficient (Wildman–Crippen LogP) is 9.71. The lowest BCUT2D eigenvalue weighted by Gasteiger charge is -2.33. The Bertz CT molecular complexity index is 2030. The van der Waals surface area contributed by atoms with Crippen molar-refractivity contribution in [2.75, 3.05) is 7.11 Å². The molecule has 3 heterocycles. The van der Waals surface area contributed by atoms with E-state index in [0.29, 0.717) is 0 Å². The average molecular weight is 541 g/mol. The number of ether oxygens (including phenoxy) is 2. The molecule has 41 heavy (non-hydrogen) atoms. The minimum Gasteiger partial charge on any atom is -0.495 e. The molecule has 2 aromatic heterocycles. The van der Waals surface area contributed by atoms with Gasteiger partial charge in [0.15, 0.2) is 0 Å². The number of fused-ring (bicyclic) bond motifs is 8. The van der Waals surface area contributed by atoms with E-state index in [0.717, 1.165) is 47.5 Å². The van der Waals surface area contributed by atoms with Gasteiger partial charge in [-0.05, 0) is 94.1 Å². The molecule has 0 aliphatic carbocycles. The number of rotatable bonds is 6. The van der Waals surface area contributed by atoms with E-state index >= 15 is 0 Å². The average Bonchev–Trinajstić information content (AvgIpc) is 3.48. The number of allylic oxidation sites excluding steroid dienone is 2. The topological polar surface area (TPSA) is 39.2 Å². The van der Waals surface area contributed by atoms with Gasteiger partial charge in [-0.3, -0.25) is 0 Å². The first kappa shape index (κ1) is 25.5. The molecule has 0 radical (unpaired) electrons. The van der Waals surface area contributed by atoms with Crippen molar-refractivity contribution in [3.63, 3.8) is 0 Å². The molecule has 4 nitrogen and oxygen atoms in total. The molecule has 1 aliphatic heterocycles. The summed E-state index contributed by atoms with van der Waals surface area (Å²) < 4.78 is 15.2. The maximum absolute atomic E-state index is 6.82. The number of nitrogens with zero attached hydrogens (tertiary/aromatic N) is 1. The third kappa shape index (κ3) is 4.21.